The normalized spacial score (nSPS) is 20.2. The molecular formula is C18H18ClF3N2O3S. The van der Waals surface area contributed by atoms with Crippen molar-refractivity contribution in [2.24, 2.45) is 11.8 Å². The molecule has 2 heterocycles. The number of nitrogens with zero attached hydrogens (tertiary/aromatic N) is 2. The zero-order valence-corrected chi connectivity index (χ0v) is 16.4. The van der Waals surface area contributed by atoms with Crippen molar-refractivity contribution >= 4 is 34.0 Å². The highest BCUT2D eigenvalue weighted by Gasteiger charge is 2.51. The lowest BCUT2D eigenvalue weighted by molar-refractivity contribution is -0.199. The van der Waals surface area contributed by atoms with Gasteiger partial charge < -0.3 is 14.7 Å². The van der Waals surface area contributed by atoms with Gasteiger partial charge >= 0.3 is 12.1 Å². The molecule has 2 unspecified atom stereocenters. The standard InChI is InChI=1S/C18H18ClF3N2O3S/c1-2-27-16(26)11-5-6-24(8-13(11)18(20,21)22)17-23-14(9-28-17)12-7-10(19)3-4-15(12)25/h3-4,7,9,11,13,25H,2,5-6,8H2,1H3. The number of phenolic OH excluding ortho intramolecular Hbond substituents is 1. The van der Waals surface area contributed by atoms with Crippen molar-refractivity contribution in [3.8, 4) is 17.0 Å². The summed E-state index contributed by atoms with van der Waals surface area (Å²) in [4.78, 5) is 17.9. The van der Waals surface area contributed by atoms with Gasteiger partial charge in [0.1, 0.15) is 5.75 Å². The topological polar surface area (TPSA) is 62.7 Å². The predicted octanol–water partition coefficient (Wildman–Crippen LogP) is 4.74. The van der Waals surface area contributed by atoms with Crippen LogP contribution in [0, 0.1) is 11.8 Å². The first kappa shape index (κ1) is 20.7. The first-order valence-electron chi connectivity index (χ1n) is 8.63. The molecule has 1 aromatic carbocycles. The monoisotopic (exact) mass is 434 g/mol. The summed E-state index contributed by atoms with van der Waals surface area (Å²) >= 11 is 7.12. The molecule has 0 saturated carbocycles. The third kappa shape index (κ3) is 4.35. The fourth-order valence-corrected chi connectivity index (χ4v) is 4.27. The summed E-state index contributed by atoms with van der Waals surface area (Å²) in [7, 11) is 0. The second-order valence-corrected chi connectivity index (χ2v) is 7.69. The molecule has 152 valence electrons. The Morgan fingerprint density at radius 3 is 2.89 bits per heavy atom. The molecule has 1 saturated heterocycles. The molecule has 28 heavy (non-hydrogen) atoms. The number of ether oxygens (including phenoxy) is 1. The number of aromatic hydroxyl groups is 1. The summed E-state index contributed by atoms with van der Waals surface area (Å²) in [5.41, 5.74) is 0.833. The molecule has 0 spiro atoms. The predicted molar refractivity (Wildman–Crippen MR) is 101 cm³/mol. The van der Waals surface area contributed by atoms with Gasteiger partial charge in [0.25, 0.3) is 0 Å². The highest BCUT2D eigenvalue weighted by molar-refractivity contribution is 7.14. The van der Waals surface area contributed by atoms with Crippen LogP contribution < -0.4 is 4.90 Å². The highest BCUT2D eigenvalue weighted by atomic mass is 35.5. The fourth-order valence-electron chi connectivity index (χ4n) is 3.24. The molecule has 1 aliphatic heterocycles. The van der Waals surface area contributed by atoms with Crippen LogP contribution in [0.2, 0.25) is 5.02 Å². The number of carbonyl (C=O) groups is 1. The molecule has 3 rings (SSSR count). The summed E-state index contributed by atoms with van der Waals surface area (Å²) in [6.45, 7) is 1.49. The average Bonchev–Trinajstić information content (AvgIpc) is 3.12. The van der Waals surface area contributed by atoms with E-state index in [2.05, 4.69) is 4.98 Å². The zero-order chi connectivity index (χ0) is 20.5. The van der Waals surface area contributed by atoms with Crippen LogP contribution in [0.5, 0.6) is 5.75 Å². The van der Waals surface area contributed by atoms with E-state index < -0.39 is 24.0 Å². The number of hydrogen-bond acceptors (Lipinski definition) is 6. The third-order valence-electron chi connectivity index (χ3n) is 4.62. The Bertz CT molecular complexity index is 859. The number of benzene rings is 1. The number of piperidine rings is 1. The largest absolute Gasteiger partial charge is 0.507 e. The van der Waals surface area contributed by atoms with Crippen molar-refractivity contribution in [1.29, 1.82) is 0 Å². The summed E-state index contributed by atoms with van der Waals surface area (Å²) in [5, 5.41) is 12.5. The molecule has 1 fully saturated rings. The van der Waals surface area contributed by atoms with E-state index in [9.17, 15) is 23.1 Å². The number of halogens is 4. The van der Waals surface area contributed by atoms with Crippen LogP contribution in [-0.4, -0.2) is 41.9 Å². The van der Waals surface area contributed by atoms with Crippen molar-refractivity contribution in [3.63, 3.8) is 0 Å². The summed E-state index contributed by atoms with van der Waals surface area (Å²) in [5.74, 6) is -3.87. The lowest BCUT2D eigenvalue weighted by Gasteiger charge is -2.38. The Labute approximate surface area is 168 Å². The smallest absolute Gasteiger partial charge is 0.394 e. The molecule has 1 aromatic heterocycles. The number of carbonyl (C=O) groups excluding carboxylic acids is 1. The van der Waals surface area contributed by atoms with Crippen LogP contribution in [0.25, 0.3) is 11.3 Å². The van der Waals surface area contributed by atoms with Gasteiger partial charge in [-0.3, -0.25) is 4.79 Å². The molecule has 0 radical (unpaired) electrons. The van der Waals surface area contributed by atoms with E-state index in [1.165, 1.54) is 28.4 Å². The van der Waals surface area contributed by atoms with Crippen molar-refractivity contribution in [2.45, 2.75) is 19.5 Å². The van der Waals surface area contributed by atoms with E-state index >= 15 is 0 Å². The van der Waals surface area contributed by atoms with Crippen molar-refractivity contribution < 1.29 is 27.8 Å². The molecule has 0 bridgehead atoms. The van der Waals surface area contributed by atoms with E-state index in [4.69, 9.17) is 16.3 Å². The van der Waals surface area contributed by atoms with E-state index in [1.54, 1.807) is 18.4 Å². The summed E-state index contributed by atoms with van der Waals surface area (Å²) < 4.78 is 45.5. The zero-order valence-electron chi connectivity index (χ0n) is 14.9. The number of anilines is 1. The van der Waals surface area contributed by atoms with Crippen LogP contribution in [0.3, 0.4) is 0 Å². The van der Waals surface area contributed by atoms with Gasteiger partial charge in [-0.25, -0.2) is 4.98 Å². The van der Waals surface area contributed by atoms with E-state index in [0.29, 0.717) is 21.4 Å². The lowest BCUT2D eigenvalue weighted by Crippen LogP contribution is -2.49. The summed E-state index contributed by atoms with van der Waals surface area (Å²) in [6.07, 6.45) is -4.50. The quantitative estimate of drug-likeness (QED) is 0.704. The molecule has 0 aliphatic carbocycles. The van der Waals surface area contributed by atoms with Crippen molar-refractivity contribution in [3.05, 3.63) is 28.6 Å². The Morgan fingerprint density at radius 1 is 1.46 bits per heavy atom. The van der Waals surface area contributed by atoms with Gasteiger partial charge in [0.05, 0.1) is 24.1 Å². The third-order valence-corrected chi connectivity index (χ3v) is 5.76. The van der Waals surface area contributed by atoms with Gasteiger partial charge in [0.15, 0.2) is 5.13 Å². The number of alkyl halides is 3. The van der Waals surface area contributed by atoms with Gasteiger partial charge in [-0.2, -0.15) is 13.2 Å². The first-order valence-corrected chi connectivity index (χ1v) is 9.89. The Balaban J connectivity index is 1.83. The highest BCUT2D eigenvalue weighted by Crippen LogP contribution is 2.41. The van der Waals surface area contributed by atoms with Gasteiger partial charge in [-0.15, -0.1) is 11.3 Å². The minimum Gasteiger partial charge on any atom is -0.507 e. The molecule has 2 aromatic rings. The van der Waals surface area contributed by atoms with Gasteiger partial charge in [0.2, 0.25) is 0 Å². The molecule has 5 nitrogen and oxygen atoms in total. The first-order chi connectivity index (χ1) is 13.2. The number of esters is 1. The SMILES string of the molecule is CCOC(=O)C1CCN(c2nc(-c3cc(Cl)ccc3O)cs2)CC1C(F)(F)F. The second kappa shape index (κ2) is 8.16. The minimum atomic E-state index is -4.53. The number of hydrogen-bond donors (Lipinski definition) is 1. The molecule has 0 amide bonds. The maximum Gasteiger partial charge on any atom is 0.394 e. The number of thiazole rings is 1. The fraction of sp³-hybridized carbons (Fsp3) is 0.444. The average molecular weight is 435 g/mol. The maximum absolute atomic E-state index is 13.5. The molecule has 10 heteroatoms. The summed E-state index contributed by atoms with van der Waals surface area (Å²) in [6, 6.07) is 4.50. The van der Waals surface area contributed by atoms with Gasteiger partial charge in [0, 0.05) is 29.1 Å². The van der Waals surface area contributed by atoms with Crippen LogP contribution in [0.1, 0.15) is 13.3 Å². The van der Waals surface area contributed by atoms with Crippen molar-refractivity contribution in [2.75, 3.05) is 24.6 Å². The number of rotatable bonds is 4. The molecular weight excluding hydrogens is 417 g/mol. The second-order valence-electron chi connectivity index (χ2n) is 6.42. The van der Waals surface area contributed by atoms with E-state index in [1.807, 2.05) is 0 Å². The van der Waals surface area contributed by atoms with Crippen LogP contribution in [0.4, 0.5) is 18.3 Å². The number of aromatic nitrogens is 1. The van der Waals surface area contributed by atoms with Crippen molar-refractivity contribution in [1.82, 2.24) is 4.98 Å². The Kier molecular flexibility index (Phi) is 6.04. The van der Waals surface area contributed by atoms with Crippen LogP contribution in [0.15, 0.2) is 23.6 Å². The van der Waals surface area contributed by atoms with E-state index in [0.717, 1.165) is 0 Å². The Hall–Kier alpha value is -2.00. The molecule has 2 atom stereocenters. The molecule has 1 N–H and O–H groups in total. The Morgan fingerprint density at radius 2 is 2.21 bits per heavy atom. The van der Waals surface area contributed by atoms with Gasteiger partial charge in [-0.1, -0.05) is 11.6 Å². The van der Waals surface area contributed by atoms with Gasteiger partial charge in [-0.05, 0) is 31.5 Å². The molecule has 1 aliphatic rings. The van der Waals surface area contributed by atoms with E-state index in [-0.39, 0.29) is 31.9 Å². The maximum atomic E-state index is 13.5. The van der Waals surface area contributed by atoms with Crippen LogP contribution in [-0.2, 0) is 9.53 Å². The lowest BCUT2D eigenvalue weighted by atomic mass is 9.85. The number of phenols is 1. The van der Waals surface area contributed by atoms with Crippen LogP contribution >= 0.6 is 22.9 Å². The minimum absolute atomic E-state index is 0.0181.